The first-order valence-corrected chi connectivity index (χ1v) is 12.1. The number of aryl methyl sites for hydroxylation is 1. The van der Waals surface area contributed by atoms with Crippen molar-refractivity contribution in [2.45, 2.75) is 19.0 Å². The molecule has 33 heavy (non-hydrogen) atoms. The summed E-state index contributed by atoms with van der Waals surface area (Å²) in [6, 6.07) is 25.8. The molecule has 0 saturated carbocycles. The number of hydrogen-bond acceptors (Lipinski definition) is 5. The van der Waals surface area contributed by atoms with Crippen molar-refractivity contribution in [1.29, 1.82) is 0 Å². The first-order chi connectivity index (χ1) is 16.0. The number of halogens is 1. The van der Waals surface area contributed by atoms with Gasteiger partial charge in [0.2, 0.25) is 0 Å². The van der Waals surface area contributed by atoms with Crippen molar-refractivity contribution in [1.82, 2.24) is 20.2 Å². The Morgan fingerprint density at radius 2 is 1.70 bits per heavy atom. The molecule has 1 N–H and O–H groups in total. The summed E-state index contributed by atoms with van der Waals surface area (Å²) < 4.78 is 2.96. The lowest BCUT2D eigenvalue weighted by Gasteiger charge is -2.10. The van der Waals surface area contributed by atoms with Crippen LogP contribution < -0.4 is 5.43 Å². The number of hydrazone groups is 1. The topological polar surface area (TPSA) is 72.2 Å². The maximum atomic E-state index is 12.5. The first kappa shape index (κ1) is 22.9. The molecule has 1 amide bonds. The Bertz CT molecular complexity index is 1270. The summed E-state index contributed by atoms with van der Waals surface area (Å²) >= 11 is 4.74. The monoisotopic (exact) mass is 519 g/mol. The molecule has 8 heteroatoms. The second-order valence-electron chi connectivity index (χ2n) is 7.37. The number of nitrogens with one attached hydrogen (secondary N) is 1. The van der Waals surface area contributed by atoms with Crippen molar-refractivity contribution in [2.75, 3.05) is 5.75 Å². The third-order valence-corrected chi connectivity index (χ3v) is 6.36. The minimum absolute atomic E-state index is 0.163. The van der Waals surface area contributed by atoms with Crippen LogP contribution in [0.2, 0.25) is 0 Å². The zero-order valence-electron chi connectivity index (χ0n) is 18.2. The van der Waals surface area contributed by atoms with Crippen LogP contribution in [0.4, 0.5) is 0 Å². The van der Waals surface area contributed by atoms with Crippen LogP contribution in [0.3, 0.4) is 0 Å². The Kier molecular flexibility index (Phi) is 7.36. The lowest BCUT2D eigenvalue weighted by molar-refractivity contribution is -0.118. The number of nitrogens with zero attached hydrogens (tertiary/aromatic N) is 4. The molecule has 1 heterocycles. The molecule has 166 valence electrons. The standard InChI is InChI=1S/C25H22BrN5OS/c1-17-8-10-20(11-9-17)24-29-30-25(31(24)22-6-4-3-5-7-22)33-16-23(32)28-27-18(2)19-12-14-21(26)15-13-19/h3-15H,16H2,1-2H3,(H,28,32). The molecule has 0 saturated heterocycles. The minimum atomic E-state index is -0.212. The van der Waals surface area contributed by atoms with Gasteiger partial charge in [0, 0.05) is 15.7 Å². The molecule has 0 aliphatic carbocycles. The molecule has 3 aromatic carbocycles. The van der Waals surface area contributed by atoms with Gasteiger partial charge in [-0.05, 0) is 43.7 Å². The fourth-order valence-corrected chi connectivity index (χ4v) is 4.14. The molecule has 0 bridgehead atoms. The Morgan fingerprint density at radius 1 is 1.00 bits per heavy atom. The van der Waals surface area contributed by atoms with Crippen LogP contribution in [0.25, 0.3) is 17.1 Å². The fourth-order valence-electron chi connectivity index (χ4n) is 3.13. The summed E-state index contributed by atoms with van der Waals surface area (Å²) in [5.74, 6) is 0.680. The van der Waals surface area contributed by atoms with E-state index in [0.29, 0.717) is 5.16 Å². The average molecular weight is 520 g/mol. The SMILES string of the molecule is CC(=NNC(=O)CSc1nnc(-c2ccc(C)cc2)n1-c1ccccc1)c1ccc(Br)cc1. The number of amides is 1. The smallest absolute Gasteiger partial charge is 0.250 e. The molecular formula is C25H22BrN5OS. The van der Waals surface area contributed by atoms with E-state index in [9.17, 15) is 4.79 Å². The van der Waals surface area contributed by atoms with Crippen LogP contribution in [-0.4, -0.2) is 32.1 Å². The molecule has 0 atom stereocenters. The van der Waals surface area contributed by atoms with Crippen molar-refractivity contribution in [3.05, 3.63) is 94.5 Å². The van der Waals surface area contributed by atoms with E-state index in [4.69, 9.17) is 0 Å². The van der Waals surface area contributed by atoms with Crippen molar-refractivity contribution in [3.8, 4) is 17.1 Å². The minimum Gasteiger partial charge on any atom is -0.272 e. The van der Waals surface area contributed by atoms with Crippen molar-refractivity contribution in [2.24, 2.45) is 5.10 Å². The molecule has 0 aliphatic heterocycles. The van der Waals surface area contributed by atoms with Crippen LogP contribution >= 0.6 is 27.7 Å². The number of rotatable bonds is 7. The lowest BCUT2D eigenvalue weighted by Crippen LogP contribution is -2.21. The highest BCUT2D eigenvalue weighted by Crippen LogP contribution is 2.28. The highest BCUT2D eigenvalue weighted by Gasteiger charge is 2.17. The first-order valence-electron chi connectivity index (χ1n) is 10.3. The Balaban J connectivity index is 1.51. The molecule has 0 aliphatic rings. The quantitative estimate of drug-likeness (QED) is 0.195. The number of hydrogen-bond donors (Lipinski definition) is 1. The number of carbonyl (C=O) groups excluding carboxylic acids is 1. The van der Waals surface area contributed by atoms with Gasteiger partial charge in [-0.25, -0.2) is 5.43 Å². The predicted molar refractivity (Wildman–Crippen MR) is 137 cm³/mol. The summed E-state index contributed by atoms with van der Waals surface area (Å²) in [5, 5.41) is 13.7. The van der Waals surface area contributed by atoms with Gasteiger partial charge < -0.3 is 0 Å². The molecule has 0 fully saturated rings. The van der Waals surface area contributed by atoms with Gasteiger partial charge in [-0.2, -0.15) is 5.10 Å². The number of para-hydroxylation sites is 1. The summed E-state index contributed by atoms with van der Waals surface area (Å²) in [4.78, 5) is 12.5. The van der Waals surface area contributed by atoms with Gasteiger partial charge in [-0.1, -0.05) is 87.9 Å². The van der Waals surface area contributed by atoms with Crippen LogP contribution in [0.5, 0.6) is 0 Å². The van der Waals surface area contributed by atoms with Crippen molar-refractivity contribution < 1.29 is 4.79 Å². The molecule has 0 unspecified atom stereocenters. The Hall–Kier alpha value is -3.23. The largest absolute Gasteiger partial charge is 0.272 e. The molecule has 4 rings (SSSR count). The molecule has 0 radical (unpaired) electrons. The van der Waals surface area contributed by atoms with E-state index in [1.807, 2.05) is 97.3 Å². The van der Waals surface area contributed by atoms with E-state index < -0.39 is 0 Å². The Labute approximate surface area is 205 Å². The highest BCUT2D eigenvalue weighted by atomic mass is 79.9. The van der Waals surface area contributed by atoms with E-state index in [2.05, 4.69) is 36.7 Å². The predicted octanol–water partition coefficient (Wildman–Crippen LogP) is 5.64. The third-order valence-electron chi connectivity index (χ3n) is 4.90. The molecule has 0 spiro atoms. The third kappa shape index (κ3) is 5.77. The zero-order chi connectivity index (χ0) is 23.2. The highest BCUT2D eigenvalue weighted by molar-refractivity contribution is 9.10. The second-order valence-corrected chi connectivity index (χ2v) is 9.23. The number of benzene rings is 3. The number of thioether (sulfide) groups is 1. The lowest BCUT2D eigenvalue weighted by atomic mass is 10.1. The molecular weight excluding hydrogens is 498 g/mol. The van der Waals surface area contributed by atoms with E-state index in [1.54, 1.807) is 0 Å². The van der Waals surface area contributed by atoms with Crippen molar-refractivity contribution in [3.63, 3.8) is 0 Å². The number of aromatic nitrogens is 3. The maximum Gasteiger partial charge on any atom is 0.250 e. The summed E-state index contributed by atoms with van der Waals surface area (Å²) in [6.07, 6.45) is 0. The van der Waals surface area contributed by atoms with Crippen molar-refractivity contribution >= 4 is 39.3 Å². The second kappa shape index (κ2) is 10.6. The van der Waals surface area contributed by atoms with Gasteiger partial charge in [0.15, 0.2) is 11.0 Å². The zero-order valence-corrected chi connectivity index (χ0v) is 20.6. The van der Waals surface area contributed by atoms with Crippen LogP contribution in [-0.2, 0) is 4.79 Å². The maximum absolute atomic E-state index is 12.5. The number of carbonyl (C=O) groups is 1. The van der Waals surface area contributed by atoms with Gasteiger partial charge in [0.05, 0.1) is 11.5 Å². The van der Waals surface area contributed by atoms with Crippen LogP contribution in [0.1, 0.15) is 18.1 Å². The molecule has 4 aromatic rings. The summed E-state index contributed by atoms with van der Waals surface area (Å²) in [5.41, 5.74) is 7.37. The van der Waals surface area contributed by atoms with Gasteiger partial charge >= 0.3 is 0 Å². The van der Waals surface area contributed by atoms with Crippen LogP contribution in [0.15, 0.2) is 93.6 Å². The normalized spacial score (nSPS) is 11.4. The van der Waals surface area contributed by atoms with Gasteiger partial charge in [-0.3, -0.25) is 9.36 Å². The van der Waals surface area contributed by atoms with E-state index in [1.165, 1.54) is 17.3 Å². The summed E-state index contributed by atoms with van der Waals surface area (Å²) in [6.45, 7) is 3.91. The van der Waals surface area contributed by atoms with E-state index in [0.717, 1.165) is 32.8 Å². The Morgan fingerprint density at radius 3 is 2.39 bits per heavy atom. The summed E-state index contributed by atoms with van der Waals surface area (Å²) in [7, 11) is 0. The van der Waals surface area contributed by atoms with Gasteiger partial charge in [0.25, 0.3) is 5.91 Å². The fraction of sp³-hybridized carbons (Fsp3) is 0.120. The van der Waals surface area contributed by atoms with Crippen LogP contribution in [0, 0.1) is 6.92 Å². The van der Waals surface area contributed by atoms with E-state index >= 15 is 0 Å². The molecule has 6 nitrogen and oxygen atoms in total. The average Bonchev–Trinajstić information content (AvgIpc) is 3.26. The van der Waals surface area contributed by atoms with Gasteiger partial charge in [-0.15, -0.1) is 10.2 Å². The molecule has 1 aromatic heterocycles. The van der Waals surface area contributed by atoms with E-state index in [-0.39, 0.29) is 11.7 Å². The van der Waals surface area contributed by atoms with Gasteiger partial charge in [0.1, 0.15) is 0 Å².